The number of nitrogens with zero attached hydrogens (tertiary/aromatic N) is 3. The van der Waals surface area contributed by atoms with Crippen molar-refractivity contribution >= 4 is 29.3 Å². The van der Waals surface area contributed by atoms with Crippen molar-refractivity contribution in [2.24, 2.45) is 0 Å². The lowest BCUT2D eigenvalue weighted by Crippen LogP contribution is -2.14. The predicted octanol–water partition coefficient (Wildman–Crippen LogP) is 4.83. The third-order valence-corrected chi connectivity index (χ3v) is 4.53. The van der Waals surface area contributed by atoms with Crippen molar-refractivity contribution in [3.8, 4) is 11.8 Å². The molecule has 3 aromatic rings. The summed E-state index contributed by atoms with van der Waals surface area (Å²) >= 11 is 6.42. The zero-order chi connectivity index (χ0) is 20.3. The highest BCUT2D eigenvalue weighted by Gasteiger charge is 2.17. The number of rotatable bonds is 4. The summed E-state index contributed by atoms with van der Waals surface area (Å²) in [6.07, 6.45) is 1.40. The van der Waals surface area contributed by atoms with Crippen molar-refractivity contribution in [3.05, 3.63) is 81.9 Å². The van der Waals surface area contributed by atoms with Gasteiger partial charge in [0.15, 0.2) is 0 Å². The number of benzene rings is 2. The van der Waals surface area contributed by atoms with Gasteiger partial charge in [-0.05, 0) is 55.8 Å². The first-order chi connectivity index (χ1) is 13.4. The van der Waals surface area contributed by atoms with Gasteiger partial charge in [0.1, 0.15) is 22.6 Å². The first-order valence-electron chi connectivity index (χ1n) is 8.40. The molecule has 1 N–H and O–H groups in total. The van der Waals surface area contributed by atoms with Gasteiger partial charge in [0.25, 0.3) is 5.91 Å². The molecule has 7 heteroatoms. The summed E-state index contributed by atoms with van der Waals surface area (Å²) in [5, 5.41) is 16.7. The number of anilines is 1. The van der Waals surface area contributed by atoms with Crippen LogP contribution >= 0.6 is 11.6 Å². The normalized spacial score (nSPS) is 11.2. The van der Waals surface area contributed by atoms with Crippen LogP contribution in [0.25, 0.3) is 11.8 Å². The van der Waals surface area contributed by atoms with Gasteiger partial charge in [-0.2, -0.15) is 10.4 Å². The smallest absolute Gasteiger partial charge is 0.266 e. The highest BCUT2D eigenvalue weighted by molar-refractivity contribution is 6.31. The summed E-state index contributed by atoms with van der Waals surface area (Å²) in [6, 6.07) is 14.9. The first kappa shape index (κ1) is 19.3. The number of aromatic nitrogens is 2. The molecular weight excluding hydrogens is 379 g/mol. The maximum absolute atomic E-state index is 13.1. The van der Waals surface area contributed by atoms with Crippen LogP contribution in [-0.4, -0.2) is 15.7 Å². The van der Waals surface area contributed by atoms with Crippen LogP contribution in [0, 0.1) is 31.0 Å². The number of aryl methyl sites for hydroxylation is 2. The van der Waals surface area contributed by atoms with Crippen LogP contribution in [-0.2, 0) is 4.79 Å². The molecule has 2 aromatic carbocycles. The van der Waals surface area contributed by atoms with Gasteiger partial charge in [-0.3, -0.25) is 4.79 Å². The van der Waals surface area contributed by atoms with E-state index in [-0.39, 0.29) is 16.5 Å². The Morgan fingerprint density at radius 2 is 1.89 bits per heavy atom. The van der Waals surface area contributed by atoms with Crippen molar-refractivity contribution in [1.82, 2.24) is 9.78 Å². The Balaban J connectivity index is 1.95. The number of amides is 1. The zero-order valence-electron chi connectivity index (χ0n) is 15.2. The first-order valence-corrected chi connectivity index (χ1v) is 8.78. The quantitative estimate of drug-likeness (QED) is 0.509. The lowest BCUT2D eigenvalue weighted by atomic mass is 10.1. The van der Waals surface area contributed by atoms with Crippen LogP contribution in [0.4, 0.5) is 10.1 Å². The fourth-order valence-electron chi connectivity index (χ4n) is 2.62. The summed E-state index contributed by atoms with van der Waals surface area (Å²) in [5.74, 6) is -0.912. The largest absolute Gasteiger partial charge is 0.321 e. The van der Waals surface area contributed by atoms with E-state index >= 15 is 0 Å². The van der Waals surface area contributed by atoms with Gasteiger partial charge in [-0.25, -0.2) is 9.07 Å². The minimum absolute atomic E-state index is 0.105. The summed E-state index contributed by atoms with van der Waals surface area (Å²) in [4.78, 5) is 12.5. The molecule has 1 aromatic heterocycles. The second kappa shape index (κ2) is 8.07. The molecule has 1 heterocycles. The number of carbonyl (C=O) groups excluding carboxylic acids is 1. The minimum Gasteiger partial charge on any atom is -0.321 e. The van der Waals surface area contributed by atoms with Gasteiger partial charge in [0.2, 0.25) is 0 Å². The summed E-state index contributed by atoms with van der Waals surface area (Å²) in [6.45, 7) is 3.57. The molecule has 0 unspecified atom stereocenters. The van der Waals surface area contributed by atoms with E-state index in [1.54, 1.807) is 19.1 Å². The molecule has 0 saturated carbocycles. The Bertz CT molecular complexity index is 1110. The van der Waals surface area contributed by atoms with E-state index in [9.17, 15) is 14.4 Å². The predicted molar refractivity (Wildman–Crippen MR) is 107 cm³/mol. The van der Waals surface area contributed by atoms with Crippen LogP contribution in [0.1, 0.15) is 16.8 Å². The molecule has 140 valence electrons. The van der Waals surface area contributed by atoms with Crippen molar-refractivity contribution < 1.29 is 9.18 Å². The monoisotopic (exact) mass is 394 g/mol. The fourth-order valence-corrected chi connectivity index (χ4v) is 2.95. The molecule has 0 radical (unpaired) electrons. The second-order valence-electron chi connectivity index (χ2n) is 6.12. The van der Waals surface area contributed by atoms with Crippen molar-refractivity contribution in [2.45, 2.75) is 13.8 Å². The van der Waals surface area contributed by atoms with E-state index in [4.69, 9.17) is 11.6 Å². The lowest BCUT2D eigenvalue weighted by Gasteiger charge is -2.07. The molecule has 3 rings (SSSR count). The number of nitrogens with one attached hydrogen (secondary N) is 1. The standard InChI is InChI=1S/C21H16ClFN4O/c1-13-5-3-4-6-19(13)25-21(28)15(12-24)11-18-14(2)26-27(20(18)22)17-9-7-16(23)8-10-17/h3-11H,1-2H3,(H,25,28)/b15-11+. The SMILES string of the molecule is Cc1ccccc1NC(=O)/C(C#N)=C/c1c(C)nn(-c2ccc(F)cc2)c1Cl. The number of para-hydroxylation sites is 1. The highest BCUT2D eigenvalue weighted by Crippen LogP contribution is 2.26. The van der Waals surface area contributed by atoms with E-state index in [0.29, 0.717) is 22.6 Å². The molecule has 0 aliphatic carbocycles. The average molecular weight is 395 g/mol. The molecule has 1 amide bonds. The third kappa shape index (κ3) is 3.95. The van der Waals surface area contributed by atoms with Crippen molar-refractivity contribution in [2.75, 3.05) is 5.32 Å². The fraction of sp³-hybridized carbons (Fsp3) is 0.0952. The summed E-state index contributed by atoms with van der Waals surface area (Å²) < 4.78 is 14.6. The Kier molecular flexibility index (Phi) is 5.57. The van der Waals surface area contributed by atoms with Crippen LogP contribution in [0.15, 0.2) is 54.1 Å². The average Bonchev–Trinajstić information content (AvgIpc) is 2.96. The van der Waals surface area contributed by atoms with Gasteiger partial charge < -0.3 is 5.32 Å². The van der Waals surface area contributed by atoms with Crippen molar-refractivity contribution in [1.29, 1.82) is 5.26 Å². The van der Waals surface area contributed by atoms with Crippen LogP contribution < -0.4 is 5.32 Å². The molecule has 0 saturated heterocycles. The molecule has 5 nitrogen and oxygen atoms in total. The van der Waals surface area contributed by atoms with Gasteiger partial charge >= 0.3 is 0 Å². The molecule has 0 atom stereocenters. The Morgan fingerprint density at radius 1 is 1.21 bits per heavy atom. The van der Waals surface area contributed by atoms with E-state index in [1.807, 2.05) is 25.1 Å². The Morgan fingerprint density at radius 3 is 2.54 bits per heavy atom. The highest BCUT2D eigenvalue weighted by atomic mass is 35.5. The Labute approximate surface area is 166 Å². The number of carbonyl (C=O) groups is 1. The number of hydrogen-bond acceptors (Lipinski definition) is 3. The van der Waals surface area contributed by atoms with Crippen molar-refractivity contribution in [3.63, 3.8) is 0 Å². The van der Waals surface area contributed by atoms with E-state index in [0.717, 1.165) is 5.56 Å². The molecule has 28 heavy (non-hydrogen) atoms. The maximum Gasteiger partial charge on any atom is 0.266 e. The van der Waals surface area contributed by atoms with E-state index in [1.165, 1.54) is 35.0 Å². The number of halogens is 2. The van der Waals surface area contributed by atoms with Crippen LogP contribution in [0.5, 0.6) is 0 Å². The summed E-state index contributed by atoms with van der Waals surface area (Å²) in [7, 11) is 0. The summed E-state index contributed by atoms with van der Waals surface area (Å²) in [5.41, 5.74) is 2.95. The molecule has 0 aliphatic rings. The Hall–Kier alpha value is -3.43. The number of hydrogen-bond donors (Lipinski definition) is 1. The second-order valence-corrected chi connectivity index (χ2v) is 6.47. The topological polar surface area (TPSA) is 70.7 Å². The van der Waals surface area contributed by atoms with E-state index in [2.05, 4.69) is 10.4 Å². The molecular formula is C21H16ClFN4O. The van der Waals surface area contributed by atoms with Gasteiger partial charge in [0.05, 0.1) is 11.4 Å². The maximum atomic E-state index is 13.1. The van der Waals surface area contributed by atoms with Gasteiger partial charge in [-0.15, -0.1) is 0 Å². The minimum atomic E-state index is -0.540. The van der Waals surface area contributed by atoms with E-state index < -0.39 is 5.91 Å². The zero-order valence-corrected chi connectivity index (χ0v) is 16.0. The molecule has 0 aliphatic heterocycles. The lowest BCUT2D eigenvalue weighted by molar-refractivity contribution is -0.112. The van der Waals surface area contributed by atoms with Crippen LogP contribution in [0.2, 0.25) is 5.15 Å². The molecule has 0 bridgehead atoms. The van der Waals surface area contributed by atoms with Crippen LogP contribution in [0.3, 0.4) is 0 Å². The third-order valence-electron chi connectivity index (χ3n) is 4.17. The number of nitriles is 1. The molecule has 0 fully saturated rings. The van der Waals surface area contributed by atoms with Gasteiger partial charge in [-0.1, -0.05) is 29.8 Å². The molecule has 0 spiro atoms. The van der Waals surface area contributed by atoms with Gasteiger partial charge in [0, 0.05) is 11.3 Å².